The van der Waals surface area contributed by atoms with Gasteiger partial charge in [0.15, 0.2) is 0 Å². The summed E-state index contributed by atoms with van der Waals surface area (Å²) in [5, 5.41) is 9.15. The van der Waals surface area contributed by atoms with Gasteiger partial charge in [0.05, 0.1) is 18.8 Å². The minimum atomic E-state index is -0.353. The van der Waals surface area contributed by atoms with Crippen molar-refractivity contribution in [2.24, 2.45) is 0 Å². The Morgan fingerprint density at radius 1 is 1.53 bits per heavy atom. The maximum absolute atomic E-state index is 13.2. The number of aliphatic hydroxyl groups excluding tert-OH is 1. The molecule has 1 saturated heterocycles. The summed E-state index contributed by atoms with van der Waals surface area (Å²) < 4.78 is 18.7. The number of ether oxygens (including phenoxy) is 1. The normalized spacial score (nSPS) is 23.5. The Hall–Kier alpha value is -1.46. The van der Waals surface area contributed by atoms with Crippen molar-refractivity contribution in [1.29, 1.82) is 0 Å². The highest BCUT2D eigenvalue weighted by Gasteiger charge is 2.28. The lowest BCUT2D eigenvalue weighted by molar-refractivity contribution is -0.0858. The minimum Gasteiger partial charge on any atom is -0.394 e. The molecule has 1 heterocycles. The van der Waals surface area contributed by atoms with Gasteiger partial charge in [0.2, 0.25) is 0 Å². The Balaban J connectivity index is 2.16. The molecule has 5 heteroatoms. The van der Waals surface area contributed by atoms with Crippen LogP contribution in [-0.4, -0.2) is 47.8 Å². The number of rotatable bonds is 2. The quantitative estimate of drug-likeness (QED) is 0.880. The van der Waals surface area contributed by atoms with Crippen LogP contribution in [0.1, 0.15) is 22.8 Å². The van der Waals surface area contributed by atoms with Gasteiger partial charge >= 0.3 is 0 Å². The molecule has 0 spiro atoms. The number of benzene rings is 1. The summed E-state index contributed by atoms with van der Waals surface area (Å²) >= 11 is 0. The van der Waals surface area contributed by atoms with Crippen molar-refractivity contribution >= 4 is 5.91 Å². The van der Waals surface area contributed by atoms with Crippen molar-refractivity contribution in [1.82, 2.24) is 4.90 Å². The Kier molecular flexibility index (Phi) is 4.17. The summed E-state index contributed by atoms with van der Waals surface area (Å²) in [6, 6.07) is 4.33. The molecule has 2 atom stereocenters. The van der Waals surface area contributed by atoms with Crippen LogP contribution < -0.4 is 0 Å². The molecule has 0 aliphatic carbocycles. The van der Waals surface area contributed by atoms with E-state index in [1.807, 2.05) is 6.92 Å². The standard InChI is InChI=1S/C14H18FNO3/c1-9-5-11(3-4-13(9)15)14(18)16-6-10(2)19-12(7-16)8-17/h3-5,10,12,17H,6-8H2,1-2H3. The van der Waals surface area contributed by atoms with Gasteiger partial charge in [-0.05, 0) is 37.6 Å². The number of carbonyl (C=O) groups excluding carboxylic acids is 1. The van der Waals surface area contributed by atoms with Crippen LogP contribution in [0.25, 0.3) is 0 Å². The van der Waals surface area contributed by atoms with Crippen molar-refractivity contribution in [3.8, 4) is 0 Å². The summed E-state index contributed by atoms with van der Waals surface area (Å²) in [5.41, 5.74) is 0.913. The molecule has 104 valence electrons. The highest BCUT2D eigenvalue weighted by atomic mass is 19.1. The van der Waals surface area contributed by atoms with Crippen LogP contribution in [0.2, 0.25) is 0 Å². The van der Waals surface area contributed by atoms with Gasteiger partial charge in [0.1, 0.15) is 5.82 Å². The van der Waals surface area contributed by atoms with E-state index in [2.05, 4.69) is 0 Å². The van der Waals surface area contributed by atoms with E-state index in [0.717, 1.165) is 0 Å². The second kappa shape index (κ2) is 5.67. The molecule has 19 heavy (non-hydrogen) atoms. The Morgan fingerprint density at radius 2 is 2.26 bits per heavy atom. The highest BCUT2D eigenvalue weighted by Crippen LogP contribution is 2.16. The number of amides is 1. The van der Waals surface area contributed by atoms with Crippen LogP contribution in [0.4, 0.5) is 4.39 Å². The molecule has 2 rings (SSSR count). The fraction of sp³-hybridized carbons (Fsp3) is 0.500. The molecule has 0 bridgehead atoms. The zero-order valence-electron chi connectivity index (χ0n) is 11.1. The van der Waals surface area contributed by atoms with Gasteiger partial charge in [-0.3, -0.25) is 4.79 Å². The Bertz CT molecular complexity index is 478. The molecular weight excluding hydrogens is 249 g/mol. The van der Waals surface area contributed by atoms with Crippen LogP contribution in [0.15, 0.2) is 18.2 Å². The molecule has 1 aromatic rings. The first-order valence-electron chi connectivity index (χ1n) is 6.33. The molecule has 1 amide bonds. The van der Waals surface area contributed by atoms with Crippen molar-refractivity contribution in [2.45, 2.75) is 26.1 Å². The van der Waals surface area contributed by atoms with Gasteiger partial charge in [-0.2, -0.15) is 0 Å². The molecule has 1 aromatic carbocycles. The summed E-state index contributed by atoms with van der Waals surface area (Å²) in [4.78, 5) is 14.0. The Morgan fingerprint density at radius 3 is 2.89 bits per heavy atom. The summed E-state index contributed by atoms with van der Waals surface area (Å²) in [7, 11) is 0. The summed E-state index contributed by atoms with van der Waals surface area (Å²) in [5.74, 6) is -0.475. The third kappa shape index (κ3) is 3.11. The van der Waals surface area contributed by atoms with Crippen molar-refractivity contribution in [2.75, 3.05) is 19.7 Å². The van der Waals surface area contributed by atoms with Gasteiger partial charge in [-0.15, -0.1) is 0 Å². The third-order valence-corrected chi connectivity index (χ3v) is 3.22. The first kappa shape index (κ1) is 14.0. The van der Waals surface area contributed by atoms with E-state index in [9.17, 15) is 9.18 Å². The number of aliphatic hydroxyl groups is 1. The maximum Gasteiger partial charge on any atom is 0.254 e. The van der Waals surface area contributed by atoms with E-state index in [4.69, 9.17) is 9.84 Å². The summed E-state index contributed by atoms with van der Waals surface area (Å²) in [6.45, 7) is 4.21. The second-order valence-electron chi connectivity index (χ2n) is 4.93. The zero-order chi connectivity index (χ0) is 14.0. The van der Waals surface area contributed by atoms with Crippen molar-refractivity contribution < 1.29 is 19.0 Å². The number of nitrogens with zero attached hydrogens (tertiary/aromatic N) is 1. The molecule has 0 radical (unpaired) electrons. The van der Waals surface area contributed by atoms with Gasteiger partial charge in [-0.25, -0.2) is 4.39 Å². The maximum atomic E-state index is 13.2. The van der Waals surface area contributed by atoms with Crippen molar-refractivity contribution in [3.63, 3.8) is 0 Å². The zero-order valence-corrected chi connectivity index (χ0v) is 11.1. The molecule has 0 saturated carbocycles. The average molecular weight is 267 g/mol. The molecule has 1 N–H and O–H groups in total. The lowest BCUT2D eigenvalue weighted by Crippen LogP contribution is -2.50. The van der Waals surface area contributed by atoms with Gasteiger partial charge in [0.25, 0.3) is 5.91 Å². The third-order valence-electron chi connectivity index (χ3n) is 3.22. The number of halogens is 1. The number of hydrogen-bond acceptors (Lipinski definition) is 3. The molecule has 4 nitrogen and oxygen atoms in total. The van der Waals surface area contributed by atoms with E-state index >= 15 is 0 Å². The van der Waals surface area contributed by atoms with Gasteiger partial charge < -0.3 is 14.7 Å². The predicted octanol–water partition coefficient (Wildman–Crippen LogP) is 1.36. The van der Waals surface area contributed by atoms with Gasteiger partial charge in [-0.1, -0.05) is 0 Å². The SMILES string of the molecule is Cc1cc(C(=O)N2CC(C)OC(CO)C2)ccc1F. The Labute approximate surface area is 111 Å². The van der Waals surface area contributed by atoms with E-state index in [0.29, 0.717) is 24.2 Å². The predicted molar refractivity (Wildman–Crippen MR) is 68.5 cm³/mol. The molecule has 1 aliphatic rings. The second-order valence-corrected chi connectivity index (χ2v) is 4.93. The first-order valence-corrected chi connectivity index (χ1v) is 6.33. The molecule has 1 aliphatic heterocycles. The average Bonchev–Trinajstić information content (AvgIpc) is 2.40. The number of morpholine rings is 1. The van der Waals surface area contributed by atoms with Crippen LogP contribution in [0.5, 0.6) is 0 Å². The largest absolute Gasteiger partial charge is 0.394 e. The fourth-order valence-electron chi connectivity index (χ4n) is 2.27. The smallest absolute Gasteiger partial charge is 0.254 e. The lowest BCUT2D eigenvalue weighted by atomic mass is 10.1. The molecular formula is C14H18FNO3. The monoisotopic (exact) mass is 267 g/mol. The minimum absolute atomic E-state index is 0.114. The fourth-order valence-corrected chi connectivity index (χ4v) is 2.27. The van der Waals surface area contributed by atoms with Gasteiger partial charge in [0, 0.05) is 18.7 Å². The first-order chi connectivity index (χ1) is 9.01. The molecule has 1 fully saturated rings. The molecule has 2 unspecified atom stereocenters. The number of carbonyl (C=O) groups is 1. The van der Waals surface area contributed by atoms with Crippen LogP contribution in [0, 0.1) is 12.7 Å². The van der Waals surface area contributed by atoms with Crippen LogP contribution in [0.3, 0.4) is 0 Å². The summed E-state index contributed by atoms with van der Waals surface area (Å²) in [6.07, 6.45) is -0.467. The van der Waals surface area contributed by atoms with E-state index < -0.39 is 0 Å². The number of hydrogen-bond donors (Lipinski definition) is 1. The molecule has 0 aromatic heterocycles. The van der Waals surface area contributed by atoms with E-state index in [1.165, 1.54) is 12.1 Å². The van der Waals surface area contributed by atoms with Crippen LogP contribution >= 0.6 is 0 Å². The van der Waals surface area contributed by atoms with Crippen LogP contribution in [-0.2, 0) is 4.74 Å². The number of aryl methyl sites for hydroxylation is 1. The highest BCUT2D eigenvalue weighted by molar-refractivity contribution is 5.94. The van der Waals surface area contributed by atoms with E-state index in [1.54, 1.807) is 17.9 Å². The van der Waals surface area contributed by atoms with E-state index in [-0.39, 0.29) is 30.5 Å². The van der Waals surface area contributed by atoms with Crippen molar-refractivity contribution in [3.05, 3.63) is 35.1 Å². The lowest BCUT2D eigenvalue weighted by Gasteiger charge is -2.36. The topological polar surface area (TPSA) is 49.8 Å².